The van der Waals surface area contributed by atoms with E-state index in [-0.39, 0.29) is 11.8 Å². The summed E-state index contributed by atoms with van der Waals surface area (Å²) in [5, 5.41) is 5.08. The van der Waals surface area contributed by atoms with Crippen LogP contribution in [0.1, 0.15) is 61.3 Å². The normalized spacial score (nSPS) is 14.4. The molecule has 1 aromatic heterocycles. The van der Waals surface area contributed by atoms with Gasteiger partial charge in [-0.25, -0.2) is 0 Å². The fourth-order valence-corrected chi connectivity index (χ4v) is 4.98. The van der Waals surface area contributed by atoms with Crippen molar-refractivity contribution in [1.29, 1.82) is 0 Å². The summed E-state index contributed by atoms with van der Waals surface area (Å²) < 4.78 is 0. The number of carbonyl (C=O) groups excluding carboxylic acids is 2. The maximum atomic E-state index is 13.2. The zero-order valence-electron chi connectivity index (χ0n) is 18.5. The van der Waals surface area contributed by atoms with Gasteiger partial charge in [-0.1, -0.05) is 13.3 Å². The average molecular weight is 428 g/mol. The fourth-order valence-electron chi connectivity index (χ4n) is 4.09. The van der Waals surface area contributed by atoms with Gasteiger partial charge in [0, 0.05) is 41.8 Å². The molecule has 2 amide bonds. The second kappa shape index (κ2) is 10.1. The molecular weight excluding hydrogens is 394 g/mol. The van der Waals surface area contributed by atoms with E-state index in [0.717, 1.165) is 31.6 Å². The predicted molar refractivity (Wildman–Crippen MR) is 124 cm³/mol. The predicted octanol–water partition coefficient (Wildman–Crippen LogP) is 4.47. The quantitative estimate of drug-likeness (QED) is 0.676. The van der Waals surface area contributed by atoms with Crippen molar-refractivity contribution in [2.24, 2.45) is 0 Å². The van der Waals surface area contributed by atoms with Crippen molar-refractivity contribution in [3.8, 4) is 0 Å². The van der Waals surface area contributed by atoms with E-state index in [1.165, 1.54) is 10.4 Å². The minimum Gasteiger partial charge on any atom is -0.369 e. The van der Waals surface area contributed by atoms with E-state index >= 15 is 0 Å². The number of hydrogen-bond acceptors (Lipinski definition) is 4. The molecule has 30 heavy (non-hydrogen) atoms. The van der Waals surface area contributed by atoms with Gasteiger partial charge < -0.3 is 15.1 Å². The Morgan fingerprint density at radius 1 is 1.17 bits per heavy atom. The van der Waals surface area contributed by atoms with Crippen LogP contribution in [0.25, 0.3) is 0 Å². The molecule has 162 valence electrons. The Kier molecular flexibility index (Phi) is 7.53. The Morgan fingerprint density at radius 3 is 2.53 bits per heavy atom. The number of carbonyl (C=O) groups is 2. The number of hydrogen-bond donors (Lipinski definition) is 1. The third-order valence-corrected chi connectivity index (χ3v) is 6.75. The highest BCUT2D eigenvalue weighted by Crippen LogP contribution is 2.25. The topological polar surface area (TPSA) is 52.7 Å². The molecule has 2 aromatic rings. The lowest BCUT2D eigenvalue weighted by Gasteiger charge is -2.31. The molecule has 1 atom stereocenters. The molecule has 0 fully saturated rings. The Hall–Kier alpha value is -2.34. The van der Waals surface area contributed by atoms with Gasteiger partial charge >= 0.3 is 0 Å². The van der Waals surface area contributed by atoms with Crippen LogP contribution in [0.3, 0.4) is 0 Å². The number of amides is 2. The van der Waals surface area contributed by atoms with Crippen LogP contribution in [0, 0.1) is 0 Å². The summed E-state index contributed by atoms with van der Waals surface area (Å²) in [6, 6.07) is 9.68. The summed E-state index contributed by atoms with van der Waals surface area (Å²) in [6.45, 7) is 10.8. The zero-order valence-corrected chi connectivity index (χ0v) is 19.3. The summed E-state index contributed by atoms with van der Waals surface area (Å²) in [5.41, 5.74) is 2.93. The molecule has 0 radical (unpaired) electrons. The van der Waals surface area contributed by atoms with E-state index in [4.69, 9.17) is 0 Å². The molecule has 0 saturated carbocycles. The van der Waals surface area contributed by atoms with Gasteiger partial charge in [0.1, 0.15) is 6.04 Å². The number of benzene rings is 1. The first-order valence-electron chi connectivity index (χ1n) is 11.0. The van der Waals surface area contributed by atoms with Gasteiger partial charge in [-0.3, -0.25) is 9.59 Å². The molecular formula is C24H33N3O2S. The first-order chi connectivity index (χ1) is 14.4. The SMILES string of the molecule is CCCC(NC(=O)c1ccc(N(CC)C(C)C)cc1)C(=O)N1CCc2sccc2C1. The van der Waals surface area contributed by atoms with E-state index in [1.54, 1.807) is 11.3 Å². The van der Waals surface area contributed by atoms with Crippen molar-refractivity contribution < 1.29 is 9.59 Å². The van der Waals surface area contributed by atoms with Crippen LogP contribution in [-0.4, -0.2) is 41.9 Å². The maximum Gasteiger partial charge on any atom is 0.251 e. The highest BCUT2D eigenvalue weighted by atomic mass is 32.1. The van der Waals surface area contributed by atoms with Crippen LogP contribution in [0.2, 0.25) is 0 Å². The van der Waals surface area contributed by atoms with E-state index in [1.807, 2.05) is 36.1 Å². The van der Waals surface area contributed by atoms with Crippen molar-refractivity contribution in [3.05, 3.63) is 51.7 Å². The van der Waals surface area contributed by atoms with Crippen LogP contribution in [0.4, 0.5) is 5.69 Å². The van der Waals surface area contributed by atoms with Crippen molar-refractivity contribution in [3.63, 3.8) is 0 Å². The van der Waals surface area contributed by atoms with Gasteiger partial charge in [-0.05, 0) is 74.9 Å². The standard InChI is InChI=1S/C24H33N3O2S/c1-5-7-21(24(29)26-14-12-22-19(16-26)13-15-30-22)25-23(28)18-8-10-20(11-9-18)27(6-2)17(3)4/h8-11,13,15,17,21H,5-7,12,14,16H2,1-4H3,(H,25,28). The second-order valence-corrected chi connectivity index (χ2v) is 9.12. The smallest absolute Gasteiger partial charge is 0.251 e. The van der Waals surface area contributed by atoms with Crippen LogP contribution in [0.5, 0.6) is 0 Å². The van der Waals surface area contributed by atoms with Gasteiger partial charge in [0.15, 0.2) is 0 Å². The van der Waals surface area contributed by atoms with Gasteiger partial charge in [-0.15, -0.1) is 11.3 Å². The molecule has 5 nitrogen and oxygen atoms in total. The minimum absolute atomic E-state index is 0.0237. The highest BCUT2D eigenvalue weighted by molar-refractivity contribution is 7.10. The van der Waals surface area contributed by atoms with Crippen molar-refractivity contribution in [2.75, 3.05) is 18.0 Å². The monoisotopic (exact) mass is 427 g/mol. The maximum absolute atomic E-state index is 13.2. The summed E-state index contributed by atoms with van der Waals surface area (Å²) in [7, 11) is 0. The van der Waals surface area contributed by atoms with E-state index in [9.17, 15) is 9.59 Å². The number of thiophene rings is 1. The van der Waals surface area contributed by atoms with Crippen LogP contribution in [-0.2, 0) is 17.8 Å². The Bertz CT molecular complexity index is 860. The summed E-state index contributed by atoms with van der Waals surface area (Å²) >= 11 is 1.76. The summed E-state index contributed by atoms with van der Waals surface area (Å²) in [4.78, 5) is 31.6. The van der Waals surface area contributed by atoms with E-state index in [2.05, 4.69) is 42.4 Å². The number of anilines is 1. The summed E-state index contributed by atoms with van der Waals surface area (Å²) in [5.74, 6) is -0.162. The Labute approximate surface area is 184 Å². The molecule has 0 aliphatic carbocycles. The lowest BCUT2D eigenvalue weighted by Crippen LogP contribution is -2.49. The molecule has 3 rings (SSSR count). The first-order valence-corrected chi connectivity index (χ1v) is 11.8. The van der Waals surface area contributed by atoms with Gasteiger partial charge in [0.2, 0.25) is 5.91 Å². The van der Waals surface area contributed by atoms with Crippen molar-refractivity contribution in [1.82, 2.24) is 10.2 Å². The molecule has 0 saturated heterocycles. The largest absolute Gasteiger partial charge is 0.369 e. The number of fused-ring (bicyclic) bond motifs is 1. The Morgan fingerprint density at radius 2 is 1.90 bits per heavy atom. The van der Waals surface area contributed by atoms with Crippen molar-refractivity contribution in [2.45, 2.75) is 65.6 Å². The third kappa shape index (κ3) is 5.04. The zero-order chi connectivity index (χ0) is 21.7. The first kappa shape index (κ1) is 22.3. The molecule has 0 spiro atoms. The third-order valence-electron chi connectivity index (χ3n) is 5.73. The molecule has 1 unspecified atom stereocenters. The second-order valence-electron chi connectivity index (χ2n) is 8.12. The van der Waals surface area contributed by atoms with Gasteiger partial charge in [-0.2, -0.15) is 0 Å². The number of rotatable bonds is 8. The van der Waals surface area contributed by atoms with Gasteiger partial charge in [0.05, 0.1) is 0 Å². The van der Waals surface area contributed by atoms with Crippen LogP contribution in [0.15, 0.2) is 35.7 Å². The fraction of sp³-hybridized carbons (Fsp3) is 0.500. The highest BCUT2D eigenvalue weighted by Gasteiger charge is 2.28. The molecule has 2 heterocycles. The van der Waals surface area contributed by atoms with Gasteiger partial charge in [0.25, 0.3) is 5.91 Å². The molecule has 1 aliphatic rings. The number of nitrogens with zero attached hydrogens (tertiary/aromatic N) is 2. The molecule has 1 N–H and O–H groups in total. The molecule has 0 bridgehead atoms. The van der Waals surface area contributed by atoms with Crippen LogP contribution < -0.4 is 10.2 Å². The summed E-state index contributed by atoms with van der Waals surface area (Å²) in [6.07, 6.45) is 2.39. The lowest BCUT2D eigenvalue weighted by molar-refractivity contribution is -0.134. The van der Waals surface area contributed by atoms with Crippen LogP contribution >= 0.6 is 11.3 Å². The lowest BCUT2D eigenvalue weighted by atomic mass is 10.1. The molecule has 6 heteroatoms. The van der Waals surface area contributed by atoms with Crippen molar-refractivity contribution >= 4 is 28.8 Å². The molecule has 1 aromatic carbocycles. The Balaban J connectivity index is 1.67. The number of nitrogens with one attached hydrogen (secondary N) is 1. The minimum atomic E-state index is -0.481. The average Bonchev–Trinajstić information content (AvgIpc) is 3.21. The molecule has 1 aliphatic heterocycles. The van der Waals surface area contributed by atoms with E-state index in [0.29, 0.717) is 24.6 Å². The van der Waals surface area contributed by atoms with E-state index < -0.39 is 6.04 Å².